The smallest absolute Gasteiger partial charge is 0.319 e. The van der Waals surface area contributed by atoms with E-state index >= 15 is 0 Å². The number of carbonyl (C=O) groups excluding carboxylic acids is 1. The fraction of sp³-hybridized carbons (Fsp3) is 0.964. The van der Waals surface area contributed by atoms with Gasteiger partial charge in [0.1, 0.15) is 11.5 Å². The lowest BCUT2D eigenvalue weighted by molar-refractivity contribution is -0.143. The molecular formula is C28H58O4SSi. The van der Waals surface area contributed by atoms with Gasteiger partial charge in [-0.25, -0.2) is 0 Å². The Morgan fingerprint density at radius 1 is 0.735 bits per heavy atom. The molecule has 0 saturated heterocycles. The van der Waals surface area contributed by atoms with Crippen LogP contribution in [0.4, 0.5) is 0 Å². The van der Waals surface area contributed by atoms with E-state index in [1.807, 2.05) is 11.8 Å². The van der Waals surface area contributed by atoms with E-state index < -0.39 is 8.32 Å². The van der Waals surface area contributed by atoms with Crippen LogP contribution in [0.15, 0.2) is 0 Å². The van der Waals surface area contributed by atoms with E-state index in [1.54, 1.807) is 7.11 Å². The average Bonchev–Trinajstić information content (AvgIpc) is 2.86. The van der Waals surface area contributed by atoms with Crippen LogP contribution in [0, 0.1) is 0 Å². The summed E-state index contributed by atoms with van der Waals surface area (Å²) in [6.45, 7) is 11.8. The molecule has 0 aliphatic carbocycles. The molecule has 0 aromatic rings. The van der Waals surface area contributed by atoms with Crippen molar-refractivity contribution < 1.29 is 18.7 Å². The number of thioether (sulfide) groups is 1. The summed E-state index contributed by atoms with van der Waals surface area (Å²) in [5, 5.41) is 0.0181. The van der Waals surface area contributed by atoms with Crippen LogP contribution in [0.3, 0.4) is 0 Å². The summed E-state index contributed by atoms with van der Waals surface area (Å²) < 4.78 is 17.8. The van der Waals surface area contributed by atoms with E-state index in [9.17, 15) is 4.79 Å². The summed E-state index contributed by atoms with van der Waals surface area (Å²) in [7, 11) is 0.120. The molecule has 0 fully saturated rings. The van der Waals surface area contributed by atoms with Crippen molar-refractivity contribution in [2.24, 2.45) is 0 Å². The Balaban J connectivity index is 4.26. The summed E-state index contributed by atoms with van der Waals surface area (Å²) in [4.78, 5) is 12.7. The molecular weight excluding hydrogens is 460 g/mol. The van der Waals surface area contributed by atoms with E-state index in [4.69, 9.17) is 13.9 Å². The molecule has 34 heavy (non-hydrogen) atoms. The van der Waals surface area contributed by atoms with Gasteiger partial charge in [-0.15, -0.1) is 11.8 Å². The highest BCUT2D eigenvalue weighted by Gasteiger charge is 2.31. The van der Waals surface area contributed by atoms with Crippen molar-refractivity contribution in [1.29, 1.82) is 0 Å². The van der Waals surface area contributed by atoms with Crippen LogP contribution in [-0.2, 0) is 18.7 Å². The molecule has 0 aromatic heterocycles. The van der Waals surface area contributed by atoms with Gasteiger partial charge in [0.2, 0.25) is 0 Å². The van der Waals surface area contributed by atoms with Crippen LogP contribution in [0.1, 0.15) is 125 Å². The van der Waals surface area contributed by atoms with Gasteiger partial charge in [-0.3, -0.25) is 4.79 Å². The Morgan fingerprint density at radius 3 is 1.91 bits per heavy atom. The van der Waals surface area contributed by atoms with Gasteiger partial charge in [-0.1, -0.05) is 86.0 Å². The number of hydrogen-bond acceptors (Lipinski definition) is 5. The zero-order chi connectivity index (χ0) is 25.5. The molecule has 0 aliphatic rings. The molecule has 0 radical (unpaired) electrons. The average molecular weight is 519 g/mol. The third-order valence-electron chi connectivity index (χ3n) is 7.06. The van der Waals surface area contributed by atoms with Crippen molar-refractivity contribution in [3.63, 3.8) is 0 Å². The van der Waals surface area contributed by atoms with E-state index in [0.29, 0.717) is 6.61 Å². The lowest BCUT2D eigenvalue weighted by atomic mass is 10.1. The Bertz CT molecular complexity index is 451. The quantitative estimate of drug-likeness (QED) is 0.0521. The third-order valence-corrected chi connectivity index (χ3v) is 13.0. The molecule has 204 valence electrons. The first kappa shape index (κ1) is 34.0. The van der Waals surface area contributed by atoms with Crippen molar-refractivity contribution in [3.8, 4) is 0 Å². The van der Waals surface area contributed by atoms with Gasteiger partial charge in [-0.05, 0) is 62.4 Å². The maximum Gasteiger partial charge on any atom is 0.319 e. The van der Waals surface area contributed by atoms with E-state index in [1.165, 1.54) is 51.4 Å². The van der Waals surface area contributed by atoms with Crippen LogP contribution >= 0.6 is 11.8 Å². The largest absolute Gasteiger partial charge is 0.465 e. The Kier molecular flexibility index (Phi) is 23.3. The summed E-state index contributed by atoms with van der Waals surface area (Å²) in [6, 6.07) is 3.44. The molecule has 0 aliphatic heterocycles. The molecule has 0 saturated carbocycles. The highest BCUT2D eigenvalue weighted by Crippen LogP contribution is 2.25. The summed E-state index contributed by atoms with van der Waals surface area (Å²) >= 11 is 1.82. The second kappa shape index (κ2) is 23.4. The van der Waals surface area contributed by atoms with Crippen molar-refractivity contribution in [1.82, 2.24) is 0 Å². The lowest BCUT2D eigenvalue weighted by Crippen LogP contribution is -2.40. The van der Waals surface area contributed by atoms with Crippen molar-refractivity contribution in [2.75, 3.05) is 19.5 Å². The Labute approximate surface area is 218 Å². The van der Waals surface area contributed by atoms with Crippen LogP contribution in [0.25, 0.3) is 0 Å². The van der Waals surface area contributed by atoms with E-state index in [2.05, 4.69) is 34.6 Å². The van der Waals surface area contributed by atoms with E-state index in [-0.39, 0.29) is 17.5 Å². The SMILES string of the molecule is CCCCCCCCC(SCCCCC)C(=O)OCCCCCC(OC)O[Si](CC)(CC)CC. The first-order chi connectivity index (χ1) is 16.5. The second-order valence-corrected chi connectivity index (χ2v) is 15.7. The number of unbranched alkanes of at least 4 members (excludes halogenated alkanes) is 9. The molecule has 4 nitrogen and oxygen atoms in total. The molecule has 0 bridgehead atoms. The van der Waals surface area contributed by atoms with Gasteiger partial charge < -0.3 is 13.9 Å². The van der Waals surface area contributed by atoms with Crippen molar-refractivity contribution >= 4 is 26.0 Å². The zero-order valence-electron chi connectivity index (χ0n) is 23.6. The molecule has 0 heterocycles. The zero-order valence-corrected chi connectivity index (χ0v) is 25.4. The molecule has 0 aromatic carbocycles. The van der Waals surface area contributed by atoms with Gasteiger partial charge >= 0.3 is 5.97 Å². The molecule has 6 heteroatoms. The fourth-order valence-electron chi connectivity index (χ4n) is 4.32. The van der Waals surface area contributed by atoms with Crippen LogP contribution < -0.4 is 0 Å². The number of methoxy groups -OCH3 is 1. The lowest BCUT2D eigenvalue weighted by Gasteiger charge is -2.32. The maximum absolute atomic E-state index is 12.7. The van der Waals surface area contributed by atoms with Crippen molar-refractivity contribution in [2.45, 2.75) is 154 Å². The molecule has 0 spiro atoms. The van der Waals surface area contributed by atoms with Gasteiger partial charge in [0, 0.05) is 7.11 Å². The standard InChI is InChI=1S/C28H58O4SSi/c1-7-12-14-15-16-18-22-26(33-25-21-13-8-2)28(29)31-24-20-17-19-23-27(30-6)32-34(9-3,10-4)11-5/h26-27H,7-25H2,1-6H3. The Hall–Kier alpha value is -0.0431. The normalized spacial score (nSPS) is 13.7. The highest BCUT2D eigenvalue weighted by atomic mass is 32.2. The summed E-state index contributed by atoms with van der Waals surface area (Å²) in [5.41, 5.74) is 0. The number of ether oxygens (including phenoxy) is 2. The first-order valence-corrected chi connectivity index (χ1v) is 18.1. The second-order valence-electron chi connectivity index (χ2n) is 9.67. The molecule has 0 N–H and O–H groups in total. The number of hydrogen-bond donors (Lipinski definition) is 0. The van der Waals surface area contributed by atoms with E-state index in [0.717, 1.165) is 62.4 Å². The maximum atomic E-state index is 12.7. The minimum absolute atomic E-state index is 0.0118. The number of rotatable bonds is 25. The fourth-order valence-corrected chi connectivity index (χ4v) is 8.28. The van der Waals surface area contributed by atoms with Crippen molar-refractivity contribution in [3.05, 3.63) is 0 Å². The van der Waals surface area contributed by atoms with Crippen LogP contribution in [-0.4, -0.2) is 45.3 Å². The van der Waals surface area contributed by atoms with Gasteiger partial charge in [0.25, 0.3) is 0 Å². The van der Waals surface area contributed by atoms with Gasteiger partial charge in [0.15, 0.2) is 8.32 Å². The van der Waals surface area contributed by atoms with Crippen LogP contribution in [0.2, 0.25) is 18.1 Å². The molecule has 0 rings (SSSR count). The summed E-state index contributed by atoms with van der Waals surface area (Å²) in [6.07, 6.45) is 16.1. The minimum atomic E-state index is -1.64. The molecule has 2 unspecified atom stereocenters. The predicted octanol–water partition coefficient (Wildman–Crippen LogP) is 9.13. The van der Waals surface area contributed by atoms with Crippen LogP contribution in [0.5, 0.6) is 0 Å². The number of carbonyl (C=O) groups is 1. The molecule has 2 atom stereocenters. The monoisotopic (exact) mass is 518 g/mol. The number of esters is 1. The third kappa shape index (κ3) is 16.6. The van der Waals surface area contributed by atoms with Gasteiger partial charge in [0.05, 0.1) is 6.61 Å². The summed E-state index contributed by atoms with van der Waals surface area (Å²) in [5.74, 6) is 1.08. The molecule has 0 amide bonds. The topological polar surface area (TPSA) is 44.8 Å². The first-order valence-electron chi connectivity index (χ1n) is 14.5. The highest BCUT2D eigenvalue weighted by molar-refractivity contribution is 8.00. The predicted molar refractivity (Wildman–Crippen MR) is 152 cm³/mol. The van der Waals surface area contributed by atoms with Gasteiger partial charge in [-0.2, -0.15) is 0 Å². The minimum Gasteiger partial charge on any atom is -0.465 e. The Morgan fingerprint density at radius 2 is 1.29 bits per heavy atom.